The summed E-state index contributed by atoms with van der Waals surface area (Å²) in [6.07, 6.45) is 8.90. The molecule has 33 heavy (non-hydrogen) atoms. The molecule has 0 unspecified atom stereocenters. The molecule has 2 aromatic rings. The lowest BCUT2D eigenvalue weighted by atomic mass is 9.96. The van der Waals surface area contributed by atoms with Crippen molar-refractivity contribution in [2.45, 2.75) is 77.3 Å². The maximum absolute atomic E-state index is 12.8. The van der Waals surface area contributed by atoms with Crippen LogP contribution in [0.2, 0.25) is 0 Å². The topological polar surface area (TPSA) is 119 Å². The average Bonchev–Trinajstić information content (AvgIpc) is 2.82. The fourth-order valence-electron chi connectivity index (χ4n) is 4.06. The summed E-state index contributed by atoms with van der Waals surface area (Å²) in [5.41, 5.74) is -0.295. The van der Waals surface area contributed by atoms with E-state index in [1.165, 1.54) is 4.68 Å². The van der Waals surface area contributed by atoms with Gasteiger partial charge in [-0.3, -0.25) is 14.9 Å². The third kappa shape index (κ3) is 6.87. The van der Waals surface area contributed by atoms with Crippen molar-refractivity contribution in [1.29, 1.82) is 0 Å². The van der Waals surface area contributed by atoms with Gasteiger partial charge in [-0.2, -0.15) is 5.10 Å². The number of unbranched alkanes of at least 4 members (excludes halogenated alkanes) is 3. The molecule has 9 heteroatoms. The van der Waals surface area contributed by atoms with Crippen LogP contribution in [0.1, 0.15) is 75.2 Å². The van der Waals surface area contributed by atoms with Crippen molar-refractivity contribution in [3.05, 3.63) is 40.3 Å². The first-order chi connectivity index (χ1) is 16.0. The van der Waals surface area contributed by atoms with Crippen LogP contribution in [0, 0.1) is 0 Å². The first-order valence-corrected chi connectivity index (χ1v) is 11.8. The van der Waals surface area contributed by atoms with Gasteiger partial charge in [-0.25, -0.2) is 14.3 Å². The van der Waals surface area contributed by atoms with Crippen LogP contribution in [-0.2, 0) is 16.1 Å². The summed E-state index contributed by atoms with van der Waals surface area (Å²) in [6, 6.07) is 6.16. The Morgan fingerprint density at radius 1 is 1.06 bits per heavy atom. The number of urea groups is 1. The molecule has 3 rings (SSSR count). The van der Waals surface area contributed by atoms with Crippen molar-refractivity contribution in [3.8, 4) is 0 Å². The van der Waals surface area contributed by atoms with E-state index in [0.29, 0.717) is 17.3 Å². The number of rotatable bonds is 9. The molecular weight excluding hydrogens is 424 g/mol. The molecule has 9 nitrogen and oxygen atoms in total. The van der Waals surface area contributed by atoms with Gasteiger partial charge in [0.1, 0.15) is 0 Å². The molecular formula is C24H32N4O5. The monoisotopic (exact) mass is 456 g/mol. The van der Waals surface area contributed by atoms with E-state index in [0.717, 1.165) is 57.8 Å². The summed E-state index contributed by atoms with van der Waals surface area (Å²) >= 11 is 0. The molecule has 0 radical (unpaired) electrons. The highest BCUT2D eigenvalue weighted by Gasteiger charge is 2.21. The maximum atomic E-state index is 12.8. The number of hydrogen-bond donors (Lipinski definition) is 2. The standard InChI is InChI=1S/C24H32N4O5/c1-2-3-4-10-15-28-22(30)19-14-9-8-13-18(19)21(27-28)23(31)33-16-20(29)26-24(32)25-17-11-6-5-7-12-17/h8-9,13-14,17H,2-7,10-12,15-16H2,1H3,(H2,25,26,29,32). The first-order valence-electron chi connectivity index (χ1n) is 11.8. The zero-order valence-electron chi connectivity index (χ0n) is 19.1. The van der Waals surface area contributed by atoms with Crippen LogP contribution in [0.25, 0.3) is 10.8 Å². The van der Waals surface area contributed by atoms with Gasteiger partial charge >= 0.3 is 12.0 Å². The molecule has 0 aliphatic heterocycles. The Morgan fingerprint density at radius 2 is 1.79 bits per heavy atom. The highest BCUT2D eigenvalue weighted by atomic mass is 16.5. The lowest BCUT2D eigenvalue weighted by molar-refractivity contribution is -0.123. The quantitative estimate of drug-likeness (QED) is 0.441. The number of aryl methyl sites for hydroxylation is 1. The average molecular weight is 457 g/mol. The van der Waals surface area contributed by atoms with Gasteiger partial charge in [0.05, 0.1) is 5.39 Å². The fourth-order valence-corrected chi connectivity index (χ4v) is 4.06. The molecule has 2 N–H and O–H groups in total. The van der Waals surface area contributed by atoms with Crippen LogP contribution >= 0.6 is 0 Å². The molecule has 1 fully saturated rings. The molecule has 1 saturated carbocycles. The normalized spacial score (nSPS) is 14.1. The molecule has 1 aromatic carbocycles. The van der Waals surface area contributed by atoms with Crippen LogP contribution in [0.5, 0.6) is 0 Å². The lowest BCUT2D eigenvalue weighted by Crippen LogP contribution is -2.46. The predicted molar refractivity (Wildman–Crippen MR) is 124 cm³/mol. The number of esters is 1. The van der Waals surface area contributed by atoms with Gasteiger partial charge in [-0.05, 0) is 25.3 Å². The molecule has 1 aliphatic carbocycles. The van der Waals surface area contributed by atoms with Gasteiger partial charge in [0.15, 0.2) is 12.3 Å². The van der Waals surface area contributed by atoms with Crippen molar-refractivity contribution < 1.29 is 19.1 Å². The fraction of sp³-hybridized carbons (Fsp3) is 0.542. The Kier molecular flexibility index (Phi) is 8.97. The SMILES string of the molecule is CCCCCCn1nc(C(=O)OCC(=O)NC(=O)NC2CCCCC2)c2ccccc2c1=O. The molecule has 0 atom stereocenters. The molecule has 0 bridgehead atoms. The van der Waals surface area contributed by atoms with Crippen LogP contribution in [-0.4, -0.2) is 40.3 Å². The van der Waals surface area contributed by atoms with Crippen molar-refractivity contribution in [1.82, 2.24) is 20.4 Å². The minimum absolute atomic E-state index is 0.0276. The smallest absolute Gasteiger partial charge is 0.359 e. The van der Waals surface area contributed by atoms with Crippen LogP contribution in [0.15, 0.2) is 29.1 Å². The highest BCUT2D eigenvalue weighted by molar-refractivity contribution is 6.03. The van der Waals surface area contributed by atoms with E-state index < -0.39 is 24.5 Å². The number of imide groups is 1. The van der Waals surface area contributed by atoms with E-state index in [1.807, 2.05) is 0 Å². The second-order valence-corrected chi connectivity index (χ2v) is 8.42. The van der Waals surface area contributed by atoms with Gasteiger partial charge in [0.2, 0.25) is 0 Å². The van der Waals surface area contributed by atoms with Crippen LogP contribution < -0.4 is 16.2 Å². The van der Waals surface area contributed by atoms with Gasteiger partial charge in [0, 0.05) is 18.0 Å². The van der Waals surface area contributed by atoms with Crippen molar-refractivity contribution >= 4 is 28.7 Å². The Balaban J connectivity index is 1.63. The number of nitrogens with one attached hydrogen (secondary N) is 2. The maximum Gasteiger partial charge on any atom is 0.359 e. The van der Waals surface area contributed by atoms with E-state index in [9.17, 15) is 19.2 Å². The second-order valence-electron chi connectivity index (χ2n) is 8.42. The minimum Gasteiger partial charge on any atom is -0.451 e. The number of fused-ring (bicyclic) bond motifs is 1. The number of amides is 3. The summed E-state index contributed by atoms with van der Waals surface area (Å²) in [6.45, 7) is 1.87. The number of hydrogen-bond acceptors (Lipinski definition) is 6. The number of benzene rings is 1. The van der Waals surface area contributed by atoms with Crippen molar-refractivity contribution in [2.24, 2.45) is 0 Å². The number of ether oxygens (including phenoxy) is 1. The molecule has 0 saturated heterocycles. The third-order valence-corrected chi connectivity index (χ3v) is 5.81. The van der Waals surface area contributed by atoms with Crippen LogP contribution in [0.3, 0.4) is 0 Å². The summed E-state index contributed by atoms with van der Waals surface area (Å²) < 4.78 is 6.40. The zero-order valence-corrected chi connectivity index (χ0v) is 19.1. The number of aromatic nitrogens is 2. The van der Waals surface area contributed by atoms with Gasteiger partial charge in [-0.15, -0.1) is 0 Å². The zero-order chi connectivity index (χ0) is 23.6. The van der Waals surface area contributed by atoms with E-state index in [1.54, 1.807) is 24.3 Å². The van der Waals surface area contributed by atoms with E-state index in [2.05, 4.69) is 22.7 Å². The summed E-state index contributed by atoms with van der Waals surface area (Å²) in [5.74, 6) is -1.55. The number of nitrogens with zero attached hydrogens (tertiary/aromatic N) is 2. The van der Waals surface area contributed by atoms with Gasteiger partial charge in [-0.1, -0.05) is 63.6 Å². The Hall–Kier alpha value is -3.23. The summed E-state index contributed by atoms with van der Waals surface area (Å²) in [4.78, 5) is 49.6. The number of carbonyl (C=O) groups is 3. The minimum atomic E-state index is -0.823. The van der Waals surface area contributed by atoms with E-state index in [4.69, 9.17) is 4.74 Å². The molecule has 0 spiro atoms. The third-order valence-electron chi connectivity index (χ3n) is 5.81. The second kappa shape index (κ2) is 12.1. The predicted octanol–water partition coefficient (Wildman–Crippen LogP) is 3.29. The van der Waals surface area contributed by atoms with E-state index in [-0.39, 0.29) is 17.3 Å². The van der Waals surface area contributed by atoms with Gasteiger partial charge < -0.3 is 10.1 Å². The van der Waals surface area contributed by atoms with Gasteiger partial charge in [0.25, 0.3) is 11.5 Å². The van der Waals surface area contributed by atoms with Crippen LogP contribution in [0.4, 0.5) is 4.79 Å². The highest BCUT2D eigenvalue weighted by Crippen LogP contribution is 2.17. The lowest BCUT2D eigenvalue weighted by Gasteiger charge is -2.22. The van der Waals surface area contributed by atoms with Crippen molar-refractivity contribution in [3.63, 3.8) is 0 Å². The molecule has 3 amide bonds. The Bertz CT molecular complexity index is 1040. The van der Waals surface area contributed by atoms with E-state index >= 15 is 0 Å². The molecule has 1 heterocycles. The summed E-state index contributed by atoms with van der Waals surface area (Å²) in [5, 5.41) is 9.93. The molecule has 1 aliphatic rings. The Labute approximate surface area is 192 Å². The summed E-state index contributed by atoms with van der Waals surface area (Å²) in [7, 11) is 0. The molecule has 1 aromatic heterocycles. The van der Waals surface area contributed by atoms with Crippen molar-refractivity contribution in [2.75, 3.05) is 6.61 Å². The molecule has 178 valence electrons. The Morgan fingerprint density at radius 3 is 2.52 bits per heavy atom. The number of carbonyl (C=O) groups excluding carboxylic acids is 3. The largest absolute Gasteiger partial charge is 0.451 e. The first kappa shape index (κ1) is 24.4.